The van der Waals surface area contributed by atoms with E-state index in [2.05, 4.69) is 0 Å². The number of halogens is 3. The number of hydrogen-bond donors (Lipinski definition) is 1. The fraction of sp³-hybridized carbons (Fsp3) is 0. The van der Waals surface area contributed by atoms with E-state index in [1.165, 1.54) is 6.07 Å². The highest BCUT2D eigenvalue weighted by molar-refractivity contribution is 7.16. The molecule has 0 unspecified atom stereocenters. The van der Waals surface area contributed by atoms with Gasteiger partial charge in [-0.05, 0) is 23.8 Å². The van der Waals surface area contributed by atoms with Crippen molar-refractivity contribution >= 4 is 17.0 Å². The summed E-state index contributed by atoms with van der Waals surface area (Å²) in [5.74, 6) is -4.06. The van der Waals surface area contributed by atoms with Crippen LogP contribution in [0.25, 0.3) is 10.4 Å². The second kappa shape index (κ2) is 4.11. The average Bonchev–Trinajstić information content (AvgIpc) is 2.66. The first kappa shape index (κ1) is 11.5. The zero-order valence-electron chi connectivity index (χ0n) is 8.30. The van der Waals surface area contributed by atoms with Gasteiger partial charge in [0.05, 0.1) is 5.69 Å². The highest BCUT2D eigenvalue weighted by Gasteiger charge is 2.14. The normalized spacial score (nSPS) is 10.2. The van der Waals surface area contributed by atoms with Crippen molar-refractivity contribution in [1.29, 1.82) is 5.26 Å². The lowest BCUT2D eigenvalue weighted by Crippen LogP contribution is -1.90. The van der Waals surface area contributed by atoms with Crippen LogP contribution < -0.4 is 5.73 Å². The predicted molar refractivity (Wildman–Crippen MR) is 58.8 cm³/mol. The van der Waals surface area contributed by atoms with Crippen molar-refractivity contribution in [3.05, 3.63) is 40.5 Å². The lowest BCUT2D eigenvalue weighted by Gasteiger charge is -2.00. The topological polar surface area (TPSA) is 49.8 Å². The molecular formula is C11H5F3N2S. The third-order valence-corrected chi connectivity index (χ3v) is 3.24. The van der Waals surface area contributed by atoms with E-state index in [9.17, 15) is 13.2 Å². The van der Waals surface area contributed by atoms with E-state index in [4.69, 9.17) is 11.0 Å². The molecule has 0 aliphatic rings. The van der Waals surface area contributed by atoms with Crippen LogP contribution in [0.15, 0.2) is 18.2 Å². The molecule has 0 saturated carbocycles. The molecule has 0 atom stereocenters. The second-order valence-corrected chi connectivity index (χ2v) is 4.31. The van der Waals surface area contributed by atoms with Gasteiger partial charge in [-0.2, -0.15) is 5.26 Å². The number of thiophene rings is 1. The number of anilines is 1. The highest BCUT2D eigenvalue weighted by atomic mass is 32.1. The minimum Gasteiger partial charge on any atom is -0.397 e. The SMILES string of the molecule is N#Cc1sc(-c2cc(F)c(F)c(F)c2)cc1N. The van der Waals surface area contributed by atoms with Gasteiger partial charge >= 0.3 is 0 Å². The largest absolute Gasteiger partial charge is 0.397 e. The highest BCUT2D eigenvalue weighted by Crippen LogP contribution is 2.33. The molecule has 0 spiro atoms. The van der Waals surface area contributed by atoms with Gasteiger partial charge in [0.2, 0.25) is 0 Å². The summed E-state index contributed by atoms with van der Waals surface area (Å²) in [4.78, 5) is 0.669. The van der Waals surface area contributed by atoms with Crippen LogP contribution in [0.3, 0.4) is 0 Å². The summed E-state index contributed by atoms with van der Waals surface area (Å²) in [6.07, 6.45) is 0. The summed E-state index contributed by atoms with van der Waals surface area (Å²) in [7, 11) is 0. The Balaban J connectivity index is 2.57. The van der Waals surface area contributed by atoms with E-state index in [-0.39, 0.29) is 16.1 Å². The Kier molecular flexibility index (Phi) is 2.77. The molecule has 0 amide bonds. The monoisotopic (exact) mass is 254 g/mol. The summed E-state index contributed by atoms with van der Waals surface area (Å²) >= 11 is 0.994. The third kappa shape index (κ3) is 1.97. The number of hydrogen-bond acceptors (Lipinski definition) is 3. The first-order chi connectivity index (χ1) is 8.02. The third-order valence-electron chi connectivity index (χ3n) is 2.13. The second-order valence-electron chi connectivity index (χ2n) is 3.26. The smallest absolute Gasteiger partial charge is 0.194 e. The van der Waals surface area contributed by atoms with Crippen LogP contribution in [0.5, 0.6) is 0 Å². The van der Waals surface area contributed by atoms with Crippen molar-refractivity contribution in [3.63, 3.8) is 0 Å². The maximum absolute atomic E-state index is 13.0. The van der Waals surface area contributed by atoms with E-state index in [1.807, 2.05) is 6.07 Å². The van der Waals surface area contributed by atoms with Gasteiger partial charge in [0, 0.05) is 4.88 Å². The van der Waals surface area contributed by atoms with Crippen LogP contribution in [0.1, 0.15) is 4.88 Å². The lowest BCUT2D eigenvalue weighted by atomic mass is 10.1. The van der Waals surface area contributed by atoms with Crippen molar-refractivity contribution in [1.82, 2.24) is 0 Å². The van der Waals surface area contributed by atoms with Crippen molar-refractivity contribution in [3.8, 4) is 16.5 Å². The molecule has 2 rings (SSSR count). The van der Waals surface area contributed by atoms with Crippen LogP contribution in [-0.4, -0.2) is 0 Å². The van der Waals surface area contributed by atoms with Crippen LogP contribution in [0.2, 0.25) is 0 Å². The number of nitrogens with two attached hydrogens (primary N) is 1. The van der Waals surface area contributed by atoms with Gasteiger partial charge in [0.1, 0.15) is 10.9 Å². The summed E-state index contributed by atoms with van der Waals surface area (Å²) < 4.78 is 38.8. The molecule has 6 heteroatoms. The molecule has 17 heavy (non-hydrogen) atoms. The molecule has 0 aliphatic heterocycles. The summed E-state index contributed by atoms with van der Waals surface area (Å²) in [5.41, 5.74) is 5.91. The number of rotatable bonds is 1. The molecule has 1 heterocycles. The van der Waals surface area contributed by atoms with Crippen LogP contribution >= 0.6 is 11.3 Å². The molecule has 0 fully saturated rings. The summed E-state index contributed by atoms with van der Waals surface area (Å²) in [6.45, 7) is 0. The molecular weight excluding hydrogens is 249 g/mol. The van der Waals surface area contributed by atoms with E-state index in [0.29, 0.717) is 4.88 Å². The molecule has 86 valence electrons. The molecule has 1 aromatic heterocycles. The van der Waals surface area contributed by atoms with E-state index >= 15 is 0 Å². The van der Waals surface area contributed by atoms with E-state index in [1.54, 1.807) is 0 Å². The predicted octanol–water partition coefficient (Wildman–Crippen LogP) is 3.29. The maximum Gasteiger partial charge on any atom is 0.194 e. The fourth-order valence-electron chi connectivity index (χ4n) is 1.33. The molecule has 2 nitrogen and oxygen atoms in total. The number of nitrogens with zero attached hydrogens (tertiary/aromatic N) is 1. The van der Waals surface area contributed by atoms with Crippen molar-refractivity contribution in [2.45, 2.75) is 0 Å². The minimum absolute atomic E-state index is 0.152. The zero-order valence-corrected chi connectivity index (χ0v) is 9.12. The first-order valence-electron chi connectivity index (χ1n) is 4.47. The Morgan fingerprint density at radius 2 is 1.71 bits per heavy atom. The van der Waals surface area contributed by atoms with Gasteiger partial charge in [-0.15, -0.1) is 11.3 Å². The average molecular weight is 254 g/mol. The molecule has 2 N–H and O–H groups in total. The first-order valence-corrected chi connectivity index (χ1v) is 5.29. The summed E-state index contributed by atoms with van der Waals surface area (Å²) in [5, 5.41) is 8.70. The number of nitriles is 1. The van der Waals surface area contributed by atoms with Crippen molar-refractivity contribution in [2.75, 3.05) is 5.73 Å². The molecule has 1 aromatic carbocycles. The molecule has 0 radical (unpaired) electrons. The van der Waals surface area contributed by atoms with Gasteiger partial charge in [-0.25, -0.2) is 13.2 Å². The Bertz CT molecular complexity index is 605. The lowest BCUT2D eigenvalue weighted by molar-refractivity contribution is 0.448. The molecule has 2 aromatic rings. The molecule has 0 aliphatic carbocycles. The summed E-state index contributed by atoms with van der Waals surface area (Å²) in [6, 6.07) is 5.02. The standard InChI is InChI=1S/C11H5F3N2S/c12-6-1-5(2-7(13)11(6)14)9-3-8(16)10(4-15)17-9/h1-3H,16H2. The van der Waals surface area contributed by atoms with Gasteiger partial charge in [-0.3, -0.25) is 0 Å². The molecule has 0 saturated heterocycles. The Labute approximate surface area is 98.7 Å². The fourth-order valence-corrected chi connectivity index (χ4v) is 2.20. The van der Waals surface area contributed by atoms with Crippen LogP contribution in [0.4, 0.5) is 18.9 Å². The van der Waals surface area contributed by atoms with E-state index in [0.717, 1.165) is 23.5 Å². The number of benzene rings is 1. The van der Waals surface area contributed by atoms with Crippen LogP contribution in [-0.2, 0) is 0 Å². The zero-order chi connectivity index (χ0) is 12.6. The van der Waals surface area contributed by atoms with Gasteiger partial charge in [0.25, 0.3) is 0 Å². The molecule has 0 bridgehead atoms. The van der Waals surface area contributed by atoms with Gasteiger partial charge in [-0.1, -0.05) is 0 Å². The quantitative estimate of drug-likeness (QED) is 0.794. The van der Waals surface area contributed by atoms with Crippen molar-refractivity contribution in [2.24, 2.45) is 0 Å². The van der Waals surface area contributed by atoms with Crippen LogP contribution in [0, 0.1) is 28.8 Å². The Morgan fingerprint density at radius 1 is 1.12 bits per heavy atom. The Hall–Kier alpha value is -2.00. The van der Waals surface area contributed by atoms with E-state index < -0.39 is 17.5 Å². The van der Waals surface area contributed by atoms with Gasteiger partial charge in [0.15, 0.2) is 17.5 Å². The Morgan fingerprint density at radius 3 is 2.18 bits per heavy atom. The van der Waals surface area contributed by atoms with Gasteiger partial charge < -0.3 is 5.73 Å². The van der Waals surface area contributed by atoms with Crippen molar-refractivity contribution < 1.29 is 13.2 Å². The maximum atomic E-state index is 13.0. The number of nitrogen functional groups attached to an aromatic ring is 1. The minimum atomic E-state index is -1.52.